The van der Waals surface area contributed by atoms with E-state index in [0.717, 1.165) is 6.07 Å². The van der Waals surface area contributed by atoms with E-state index in [9.17, 15) is 28.2 Å². The predicted octanol–water partition coefficient (Wildman–Crippen LogP) is 2.38. The van der Waals surface area contributed by atoms with Crippen LogP contribution in [0.25, 0.3) is 0 Å². The molecule has 0 aliphatic carbocycles. The molecule has 0 radical (unpaired) electrons. The number of hydrogen-bond acceptors (Lipinski definition) is 3. The predicted molar refractivity (Wildman–Crippen MR) is 55.3 cm³/mol. The van der Waals surface area contributed by atoms with Gasteiger partial charge in [-0.3, -0.25) is 4.79 Å². The average Bonchev–Trinajstić information content (AvgIpc) is 2.21. The van der Waals surface area contributed by atoms with Gasteiger partial charge in [0.15, 0.2) is 0 Å². The van der Waals surface area contributed by atoms with E-state index in [4.69, 9.17) is 5.11 Å². The average molecular weight is 264 g/mol. The monoisotopic (exact) mass is 264 g/mol. The van der Waals surface area contributed by atoms with Crippen molar-refractivity contribution in [3.05, 3.63) is 23.3 Å². The smallest absolute Gasteiger partial charge is 0.420 e. The zero-order valence-corrected chi connectivity index (χ0v) is 9.32. The quantitative estimate of drug-likeness (QED) is 0.732. The van der Waals surface area contributed by atoms with Gasteiger partial charge in [0.05, 0.1) is 5.92 Å². The van der Waals surface area contributed by atoms with Crippen molar-refractivity contribution in [1.29, 1.82) is 0 Å². The first-order valence-corrected chi connectivity index (χ1v) is 4.97. The lowest BCUT2D eigenvalue weighted by atomic mass is 9.97. The van der Waals surface area contributed by atoms with Crippen molar-refractivity contribution in [2.75, 3.05) is 0 Å². The molecule has 18 heavy (non-hydrogen) atoms. The molecule has 4 nitrogen and oxygen atoms in total. The molecule has 3 N–H and O–H groups in total. The van der Waals surface area contributed by atoms with E-state index in [-0.39, 0.29) is 12.0 Å². The molecule has 1 rings (SSSR count). The summed E-state index contributed by atoms with van der Waals surface area (Å²) < 4.78 is 37.6. The Morgan fingerprint density at radius 2 is 1.89 bits per heavy atom. The number of carboxylic acids is 1. The van der Waals surface area contributed by atoms with E-state index in [2.05, 4.69) is 0 Å². The highest BCUT2D eigenvalue weighted by Gasteiger charge is 2.35. The van der Waals surface area contributed by atoms with Crippen LogP contribution >= 0.6 is 0 Å². The topological polar surface area (TPSA) is 77.8 Å². The fourth-order valence-corrected chi connectivity index (χ4v) is 1.47. The first-order chi connectivity index (χ1) is 8.12. The molecule has 0 aromatic heterocycles. The van der Waals surface area contributed by atoms with Gasteiger partial charge in [-0.2, -0.15) is 13.2 Å². The van der Waals surface area contributed by atoms with Gasteiger partial charge in [-0.25, -0.2) is 0 Å². The molecule has 0 aliphatic rings. The minimum Gasteiger partial charge on any atom is -0.508 e. The zero-order chi connectivity index (χ0) is 14.1. The maximum absolute atomic E-state index is 12.5. The molecule has 0 saturated carbocycles. The lowest BCUT2D eigenvalue weighted by molar-refractivity contribution is -0.141. The number of aliphatic carboxylic acids is 1. The van der Waals surface area contributed by atoms with E-state index in [1.807, 2.05) is 0 Å². The molecule has 0 fully saturated rings. The molecule has 1 aromatic carbocycles. The fraction of sp³-hybridized carbons (Fsp3) is 0.364. The summed E-state index contributed by atoms with van der Waals surface area (Å²) in [6.07, 6.45) is -5.12. The van der Waals surface area contributed by atoms with Gasteiger partial charge < -0.3 is 15.3 Å². The Hall–Kier alpha value is -1.92. The second-order valence-corrected chi connectivity index (χ2v) is 3.94. The van der Waals surface area contributed by atoms with Crippen LogP contribution in [-0.4, -0.2) is 21.3 Å². The van der Waals surface area contributed by atoms with Crippen LogP contribution in [0.4, 0.5) is 13.2 Å². The number of hydrogen-bond donors (Lipinski definition) is 3. The van der Waals surface area contributed by atoms with Crippen LogP contribution < -0.4 is 0 Å². The number of rotatable bonds is 3. The fourth-order valence-electron chi connectivity index (χ4n) is 1.47. The van der Waals surface area contributed by atoms with Crippen molar-refractivity contribution in [2.45, 2.75) is 19.5 Å². The molecule has 0 spiro atoms. The van der Waals surface area contributed by atoms with Gasteiger partial charge in [-0.15, -0.1) is 0 Å². The van der Waals surface area contributed by atoms with Gasteiger partial charge >= 0.3 is 12.1 Å². The van der Waals surface area contributed by atoms with E-state index in [1.54, 1.807) is 0 Å². The van der Waals surface area contributed by atoms with E-state index in [0.29, 0.717) is 6.07 Å². The van der Waals surface area contributed by atoms with E-state index in [1.165, 1.54) is 6.92 Å². The summed E-state index contributed by atoms with van der Waals surface area (Å²) in [5, 5.41) is 27.3. The van der Waals surface area contributed by atoms with Gasteiger partial charge in [-0.1, -0.05) is 6.92 Å². The third-order valence-corrected chi connectivity index (χ3v) is 2.43. The van der Waals surface area contributed by atoms with E-state index < -0.39 is 35.1 Å². The van der Waals surface area contributed by atoms with Crippen LogP contribution in [0.15, 0.2) is 12.1 Å². The molecule has 1 unspecified atom stereocenters. The van der Waals surface area contributed by atoms with Gasteiger partial charge in [0.25, 0.3) is 0 Å². The van der Waals surface area contributed by atoms with Crippen molar-refractivity contribution in [3.8, 4) is 11.5 Å². The highest BCUT2D eigenvalue weighted by molar-refractivity contribution is 5.70. The summed E-state index contributed by atoms with van der Waals surface area (Å²) in [4.78, 5) is 10.6. The number of aromatic hydroxyl groups is 2. The molecule has 1 atom stereocenters. The Morgan fingerprint density at radius 3 is 2.33 bits per heavy atom. The number of benzene rings is 1. The third kappa shape index (κ3) is 3.06. The number of carbonyl (C=O) groups is 1. The summed E-state index contributed by atoms with van der Waals surface area (Å²) in [6, 6.07) is 1.31. The Morgan fingerprint density at radius 1 is 1.33 bits per heavy atom. The van der Waals surface area contributed by atoms with Gasteiger partial charge in [0, 0.05) is 0 Å². The lowest BCUT2D eigenvalue weighted by Crippen LogP contribution is -2.13. The summed E-state index contributed by atoms with van der Waals surface area (Å²) in [6.45, 7) is 1.29. The molecule has 0 heterocycles. The van der Waals surface area contributed by atoms with Crippen LogP contribution in [0, 0.1) is 5.92 Å². The van der Waals surface area contributed by atoms with Crippen molar-refractivity contribution in [1.82, 2.24) is 0 Å². The maximum atomic E-state index is 12.5. The highest BCUT2D eigenvalue weighted by Crippen LogP contribution is 2.40. The number of alkyl halides is 3. The zero-order valence-electron chi connectivity index (χ0n) is 9.32. The molecular formula is C11H11F3O4. The third-order valence-electron chi connectivity index (χ3n) is 2.43. The number of halogens is 3. The minimum absolute atomic E-state index is 0.253. The number of carboxylic acid groups (broad SMARTS) is 1. The molecule has 7 heteroatoms. The largest absolute Gasteiger partial charge is 0.508 e. The summed E-state index contributed by atoms with van der Waals surface area (Å²) >= 11 is 0. The Bertz CT molecular complexity index is 468. The Kier molecular flexibility index (Phi) is 3.73. The molecule has 0 amide bonds. The van der Waals surface area contributed by atoms with Crippen LogP contribution in [0.2, 0.25) is 0 Å². The second kappa shape index (κ2) is 4.75. The SMILES string of the molecule is CC(Cc1cc(O)cc(C(F)(F)F)c1O)C(=O)O. The van der Waals surface area contributed by atoms with Gasteiger partial charge in [-0.05, 0) is 24.1 Å². The molecule has 0 aliphatic heterocycles. The molecular weight excluding hydrogens is 253 g/mol. The minimum atomic E-state index is -4.82. The Labute approximate surface area is 100 Å². The molecule has 100 valence electrons. The lowest BCUT2D eigenvalue weighted by Gasteiger charge is -2.14. The van der Waals surface area contributed by atoms with Crippen molar-refractivity contribution >= 4 is 5.97 Å². The number of phenols is 2. The summed E-state index contributed by atoms with van der Waals surface area (Å²) in [7, 11) is 0. The first-order valence-electron chi connectivity index (χ1n) is 4.97. The van der Waals surface area contributed by atoms with Gasteiger partial charge in [0.1, 0.15) is 17.1 Å². The van der Waals surface area contributed by atoms with Gasteiger partial charge in [0.2, 0.25) is 0 Å². The van der Waals surface area contributed by atoms with Crippen LogP contribution in [0.5, 0.6) is 11.5 Å². The van der Waals surface area contributed by atoms with Crippen LogP contribution in [-0.2, 0) is 17.4 Å². The van der Waals surface area contributed by atoms with Crippen LogP contribution in [0.3, 0.4) is 0 Å². The first kappa shape index (κ1) is 14.1. The molecule has 0 bridgehead atoms. The molecule has 0 saturated heterocycles. The Balaban J connectivity index is 3.22. The van der Waals surface area contributed by atoms with E-state index >= 15 is 0 Å². The summed E-state index contributed by atoms with van der Waals surface area (Å²) in [5.41, 5.74) is -1.63. The van der Waals surface area contributed by atoms with Crippen LogP contribution in [0.1, 0.15) is 18.1 Å². The molecule has 1 aromatic rings. The van der Waals surface area contributed by atoms with Crippen molar-refractivity contribution in [2.24, 2.45) is 5.92 Å². The number of phenolic OH excluding ortho intramolecular Hbond substituents is 2. The van der Waals surface area contributed by atoms with Crippen molar-refractivity contribution < 1.29 is 33.3 Å². The maximum Gasteiger partial charge on any atom is 0.420 e. The highest BCUT2D eigenvalue weighted by atomic mass is 19.4. The van der Waals surface area contributed by atoms with Crippen molar-refractivity contribution in [3.63, 3.8) is 0 Å². The standard InChI is InChI=1S/C11H11F3O4/c1-5(10(17)18)2-6-3-7(15)4-8(9(6)16)11(12,13)14/h3-5,15-16H,2H2,1H3,(H,17,18). The normalized spacial score (nSPS) is 13.3. The second-order valence-electron chi connectivity index (χ2n) is 3.94. The summed E-state index contributed by atoms with van der Waals surface area (Å²) in [5.74, 6) is -3.90.